The molecule has 0 aromatic heterocycles. The van der Waals surface area contributed by atoms with Crippen molar-refractivity contribution in [3.05, 3.63) is 0 Å². The van der Waals surface area contributed by atoms with Crippen LogP contribution in [0.4, 0.5) is 0 Å². The first-order valence-electron chi connectivity index (χ1n) is 5.57. The van der Waals surface area contributed by atoms with Crippen molar-refractivity contribution in [3.63, 3.8) is 0 Å². The predicted molar refractivity (Wildman–Crippen MR) is 62.6 cm³/mol. The molecule has 0 aliphatic carbocycles. The molecular formula is C10H24N4O. The average Bonchev–Trinajstić information content (AvgIpc) is 2.21. The molecular weight excluding hydrogens is 192 g/mol. The van der Waals surface area contributed by atoms with E-state index >= 15 is 0 Å². The van der Waals surface area contributed by atoms with E-state index < -0.39 is 0 Å². The molecule has 0 saturated heterocycles. The van der Waals surface area contributed by atoms with Crippen molar-refractivity contribution >= 4 is 5.91 Å². The van der Waals surface area contributed by atoms with Gasteiger partial charge in [-0.25, -0.2) is 0 Å². The highest BCUT2D eigenvalue weighted by molar-refractivity contribution is 5.77. The van der Waals surface area contributed by atoms with Crippen LogP contribution in [0.15, 0.2) is 0 Å². The maximum absolute atomic E-state index is 11.2. The second kappa shape index (κ2) is 9.89. The molecule has 0 bridgehead atoms. The maximum atomic E-state index is 11.2. The van der Waals surface area contributed by atoms with Crippen LogP contribution in [0.2, 0.25) is 0 Å². The van der Waals surface area contributed by atoms with E-state index in [0.717, 1.165) is 26.2 Å². The second-order valence-electron chi connectivity index (χ2n) is 3.73. The monoisotopic (exact) mass is 216 g/mol. The lowest BCUT2D eigenvalue weighted by molar-refractivity contribution is -0.123. The minimum absolute atomic E-state index is 0.0659. The molecule has 0 spiro atoms. The van der Waals surface area contributed by atoms with Crippen molar-refractivity contribution in [1.29, 1.82) is 0 Å². The lowest BCUT2D eigenvalue weighted by Crippen LogP contribution is -2.37. The van der Waals surface area contributed by atoms with Gasteiger partial charge < -0.3 is 21.7 Å². The molecule has 15 heavy (non-hydrogen) atoms. The standard InChI is InChI=1S/C10H24N4O/c1-9(2)10(15)14-8-7-13-6-5-12-4-3-11/h9,12-13H,3-8,11H2,1-2H3,(H,14,15). The van der Waals surface area contributed by atoms with Crippen LogP contribution in [0.5, 0.6) is 0 Å². The summed E-state index contributed by atoms with van der Waals surface area (Å²) < 4.78 is 0. The van der Waals surface area contributed by atoms with Crippen molar-refractivity contribution in [1.82, 2.24) is 16.0 Å². The zero-order valence-electron chi connectivity index (χ0n) is 9.81. The van der Waals surface area contributed by atoms with E-state index in [9.17, 15) is 4.79 Å². The number of hydrogen-bond donors (Lipinski definition) is 4. The van der Waals surface area contributed by atoms with Gasteiger partial charge in [0.15, 0.2) is 0 Å². The molecule has 0 saturated carbocycles. The van der Waals surface area contributed by atoms with E-state index in [1.54, 1.807) is 0 Å². The fraction of sp³-hybridized carbons (Fsp3) is 0.900. The van der Waals surface area contributed by atoms with Crippen LogP contribution in [0, 0.1) is 5.92 Å². The van der Waals surface area contributed by atoms with Crippen LogP contribution in [-0.4, -0.2) is 45.2 Å². The van der Waals surface area contributed by atoms with Gasteiger partial charge in [-0.2, -0.15) is 0 Å². The number of carbonyl (C=O) groups excluding carboxylic acids is 1. The summed E-state index contributed by atoms with van der Waals surface area (Å²) in [6.45, 7) is 8.61. The van der Waals surface area contributed by atoms with Crippen LogP contribution in [0.25, 0.3) is 0 Å². The number of nitrogens with two attached hydrogens (primary N) is 1. The first-order valence-corrected chi connectivity index (χ1v) is 5.57. The first kappa shape index (κ1) is 14.3. The van der Waals surface area contributed by atoms with E-state index in [2.05, 4.69) is 16.0 Å². The highest BCUT2D eigenvalue weighted by atomic mass is 16.1. The molecule has 5 N–H and O–H groups in total. The van der Waals surface area contributed by atoms with Gasteiger partial charge in [-0.15, -0.1) is 0 Å². The Labute approximate surface area is 92.2 Å². The summed E-state index contributed by atoms with van der Waals surface area (Å²) in [6.07, 6.45) is 0. The molecule has 5 nitrogen and oxygen atoms in total. The maximum Gasteiger partial charge on any atom is 0.222 e. The number of nitrogens with one attached hydrogen (secondary N) is 3. The Hall–Kier alpha value is -0.650. The van der Waals surface area contributed by atoms with E-state index in [0.29, 0.717) is 13.1 Å². The molecule has 0 aromatic carbocycles. The van der Waals surface area contributed by atoms with Crippen molar-refractivity contribution < 1.29 is 4.79 Å². The first-order chi connectivity index (χ1) is 7.18. The molecule has 0 rings (SSSR count). The summed E-state index contributed by atoms with van der Waals surface area (Å²) in [7, 11) is 0. The molecule has 0 aliphatic heterocycles. The molecule has 0 radical (unpaired) electrons. The van der Waals surface area contributed by atoms with Gasteiger partial charge in [-0.1, -0.05) is 13.8 Å². The topological polar surface area (TPSA) is 79.2 Å². The summed E-state index contributed by atoms with van der Waals surface area (Å²) in [4.78, 5) is 11.2. The van der Waals surface area contributed by atoms with Crippen LogP contribution >= 0.6 is 0 Å². The Kier molecular flexibility index (Phi) is 9.46. The Morgan fingerprint density at radius 1 is 1.07 bits per heavy atom. The minimum Gasteiger partial charge on any atom is -0.355 e. The van der Waals surface area contributed by atoms with Gasteiger partial charge >= 0.3 is 0 Å². The Bertz CT molecular complexity index is 162. The van der Waals surface area contributed by atoms with Crippen LogP contribution in [0.3, 0.4) is 0 Å². The highest BCUT2D eigenvalue weighted by Gasteiger charge is 2.03. The van der Waals surface area contributed by atoms with E-state index in [4.69, 9.17) is 5.73 Å². The zero-order valence-corrected chi connectivity index (χ0v) is 9.81. The zero-order chi connectivity index (χ0) is 11.5. The third-order valence-electron chi connectivity index (χ3n) is 1.93. The van der Waals surface area contributed by atoms with Gasteiger partial charge in [0, 0.05) is 45.2 Å². The minimum atomic E-state index is 0.0659. The van der Waals surface area contributed by atoms with Gasteiger partial charge in [-0.05, 0) is 0 Å². The predicted octanol–water partition coefficient (Wildman–Crippen LogP) is -1.10. The van der Waals surface area contributed by atoms with Crippen LogP contribution in [0.1, 0.15) is 13.8 Å². The van der Waals surface area contributed by atoms with Crippen molar-refractivity contribution in [3.8, 4) is 0 Å². The third kappa shape index (κ3) is 9.65. The molecule has 5 heteroatoms. The van der Waals surface area contributed by atoms with E-state index in [-0.39, 0.29) is 11.8 Å². The molecule has 0 aliphatic rings. The van der Waals surface area contributed by atoms with Gasteiger partial charge in [0.2, 0.25) is 5.91 Å². The number of amides is 1. The third-order valence-corrected chi connectivity index (χ3v) is 1.93. The number of hydrogen-bond acceptors (Lipinski definition) is 4. The fourth-order valence-corrected chi connectivity index (χ4v) is 1.01. The van der Waals surface area contributed by atoms with E-state index in [1.807, 2.05) is 13.8 Å². The number of carbonyl (C=O) groups is 1. The fourth-order valence-electron chi connectivity index (χ4n) is 1.01. The normalized spacial score (nSPS) is 10.7. The highest BCUT2D eigenvalue weighted by Crippen LogP contribution is 1.88. The lowest BCUT2D eigenvalue weighted by atomic mass is 10.2. The number of rotatable bonds is 9. The quantitative estimate of drug-likeness (QED) is 0.369. The van der Waals surface area contributed by atoms with Gasteiger partial charge in [-0.3, -0.25) is 4.79 Å². The summed E-state index contributed by atoms with van der Waals surface area (Å²) in [5, 5.41) is 9.24. The summed E-state index contributed by atoms with van der Waals surface area (Å²) in [5.41, 5.74) is 5.32. The van der Waals surface area contributed by atoms with Crippen molar-refractivity contribution in [2.45, 2.75) is 13.8 Å². The van der Waals surface area contributed by atoms with E-state index in [1.165, 1.54) is 0 Å². The van der Waals surface area contributed by atoms with Crippen LogP contribution < -0.4 is 21.7 Å². The molecule has 1 amide bonds. The Morgan fingerprint density at radius 2 is 1.60 bits per heavy atom. The molecule has 90 valence electrons. The van der Waals surface area contributed by atoms with Gasteiger partial charge in [0.1, 0.15) is 0 Å². The smallest absolute Gasteiger partial charge is 0.222 e. The Morgan fingerprint density at radius 3 is 2.13 bits per heavy atom. The molecule has 0 heterocycles. The van der Waals surface area contributed by atoms with Crippen molar-refractivity contribution in [2.24, 2.45) is 11.7 Å². The van der Waals surface area contributed by atoms with Crippen LogP contribution in [-0.2, 0) is 4.79 Å². The second-order valence-corrected chi connectivity index (χ2v) is 3.73. The summed E-state index contributed by atoms with van der Waals surface area (Å²) >= 11 is 0. The molecule has 0 unspecified atom stereocenters. The summed E-state index contributed by atoms with van der Waals surface area (Å²) in [5.74, 6) is 0.175. The molecule has 0 fully saturated rings. The largest absolute Gasteiger partial charge is 0.355 e. The van der Waals surface area contributed by atoms with Crippen molar-refractivity contribution in [2.75, 3.05) is 39.3 Å². The van der Waals surface area contributed by atoms with Gasteiger partial charge in [0.25, 0.3) is 0 Å². The van der Waals surface area contributed by atoms with Gasteiger partial charge in [0.05, 0.1) is 0 Å². The summed E-state index contributed by atoms with van der Waals surface area (Å²) in [6, 6.07) is 0. The molecule has 0 atom stereocenters. The lowest BCUT2D eigenvalue weighted by Gasteiger charge is -2.08. The SMILES string of the molecule is CC(C)C(=O)NCCNCCNCCN. The molecule has 0 aromatic rings. The Balaban J connectivity index is 3.08. The average molecular weight is 216 g/mol.